The maximum absolute atomic E-state index is 12.9. The average Bonchev–Trinajstić information content (AvgIpc) is 3.09. The van der Waals surface area contributed by atoms with Gasteiger partial charge in [0, 0.05) is 30.1 Å². The number of rotatable bonds is 20. The second-order valence-corrected chi connectivity index (χ2v) is 14.6. The number of unbranched alkanes of at least 4 members (excludes halogenated alkanes) is 12. The highest BCUT2D eigenvalue weighted by Crippen LogP contribution is 2.42. The zero-order valence-electron chi connectivity index (χ0n) is 30.3. The number of nitrogens with zero attached hydrogens (tertiary/aromatic N) is 1. The van der Waals surface area contributed by atoms with Crippen LogP contribution < -0.4 is 5.32 Å². The third-order valence-corrected chi connectivity index (χ3v) is 10.5. The number of likely N-dealkylation sites (tertiary alicyclic amines) is 1. The largest absolute Gasteiger partial charge is 0.392 e. The molecule has 2 saturated heterocycles. The van der Waals surface area contributed by atoms with E-state index in [1.54, 1.807) is 0 Å². The molecule has 2 fully saturated rings. The summed E-state index contributed by atoms with van der Waals surface area (Å²) in [5.74, 6) is 0.237. The van der Waals surface area contributed by atoms with Crippen molar-refractivity contribution < 1.29 is 19.4 Å². The third kappa shape index (κ3) is 13.6. The number of ether oxygens (including phenoxy) is 2. The van der Waals surface area contributed by atoms with Crippen molar-refractivity contribution in [3.63, 3.8) is 0 Å². The minimum atomic E-state index is -0.526. The second kappa shape index (κ2) is 22.5. The van der Waals surface area contributed by atoms with E-state index in [0.717, 1.165) is 54.9 Å². The van der Waals surface area contributed by atoms with Crippen molar-refractivity contribution in [2.24, 2.45) is 5.92 Å². The molecule has 2 aliphatic rings. The molecule has 0 spiro atoms. The molecule has 0 bridgehead atoms. The highest BCUT2D eigenvalue weighted by atomic mass is 16.7. The first-order valence-corrected chi connectivity index (χ1v) is 19.7. The van der Waals surface area contributed by atoms with Gasteiger partial charge in [-0.3, -0.25) is 4.79 Å². The zero-order chi connectivity index (χ0) is 33.8. The predicted octanol–water partition coefficient (Wildman–Crippen LogP) is 10.7. The molecule has 2 N–H and O–H groups in total. The molecule has 0 aliphatic carbocycles. The summed E-state index contributed by atoms with van der Waals surface area (Å²) in [6, 6.07) is 16.1. The first-order chi connectivity index (χ1) is 23.6. The molecular weight excluding hydrogens is 596 g/mol. The van der Waals surface area contributed by atoms with Crippen LogP contribution in [0.4, 0.5) is 5.69 Å². The van der Waals surface area contributed by atoms with E-state index >= 15 is 0 Å². The van der Waals surface area contributed by atoms with Gasteiger partial charge in [-0.2, -0.15) is 0 Å². The van der Waals surface area contributed by atoms with Gasteiger partial charge < -0.3 is 24.8 Å². The number of aliphatic hydroxyl groups excluding tert-OH is 1. The van der Waals surface area contributed by atoms with E-state index in [0.29, 0.717) is 6.42 Å². The Kier molecular flexibility index (Phi) is 18.0. The fourth-order valence-corrected chi connectivity index (χ4v) is 7.37. The molecule has 0 aromatic heterocycles. The molecule has 2 aliphatic heterocycles. The molecular formula is C42H66N2O4. The van der Waals surface area contributed by atoms with Gasteiger partial charge in [0.25, 0.3) is 0 Å². The topological polar surface area (TPSA) is 71.0 Å². The molecule has 6 heteroatoms. The highest BCUT2D eigenvalue weighted by Gasteiger charge is 2.39. The number of carbonyl (C=O) groups excluding carboxylic acids is 1. The molecule has 4 atom stereocenters. The molecule has 1 unspecified atom stereocenters. The highest BCUT2D eigenvalue weighted by molar-refractivity contribution is 5.90. The van der Waals surface area contributed by atoms with E-state index in [-0.39, 0.29) is 30.6 Å². The smallest absolute Gasteiger partial charge is 0.224 e. The van der Waals surface area contributed by atoms with Gasteiger partial charge in [-0.05, 0) is 55.6 Å². The summed E-state index contributed by atoms with van der Waals surface area (Å²) in [5, 5.41) is 12.7. The lowest BCUT2D eigenvalue weighted by atomic mass is 9.89. The molecule has 2 aromatic carbocycles. The lowest BCUT2D eigenvalue weighted by molar-refractivity contribution is -0.276. The van der Waals surface area contributed by atoms with Crippen LogP contribution in [0, 0.1) is 5.92 Å². The maximum Gasteiger partial charge on any atom is 0.224 e. The van der Waals surface area contributed by atoms with Gasteiger partial charge in [0.2, 0.25) is 5.91 Å². The van der Waals surface area contributed by atoms with Crippen LogP contribution in [0.1, 0.15) is 165 Å². The Balaban J connectivity index is 1.26. The van der Waals surface area contributed by atoms with Crippen molar-refractivity contribution in [2.75, 3.05) is 25.0 Å². The van der Waals surface area contributed by atoms with Crippen LogP contribution in [0.25, 0.3) is 0 Å². The summed E-state index contributed by atoms with van der Waals surface area (Å²) < 4.78 is 13.5. The molecule has 0 saturated carbocycles. The first-order valence-electron chi connectivity index (χ1n) is 19.7. The Hall–Kier alpha value is -2.25. The van der Waals surface area contributed by atoms with Crippen LogP contribution in [-0.4, -0.2) is 41.7 Å². The number of benzene rings is 2. The Bertz CT molecular complexity index is 1150. The van der Waals surface area contributed by atoms with E-state index in [9.17, 15) is 9.90 Å². The summed E-state index contributed by atoms with van der Waals surface area (Å²) in [5.41, 5.74) is 3.72. The number of hydrogen-bond donors (Lipinski definition) is 2. The summed E-state index contributed by atoms with van der Waals surface area (Å²) in [7, 11) is 0. The molecule has 48 heavy (non-hydrogen) atoms. The number of amides is 1. The van der Waals surface area contributed by atoms with E-state index in [4.69, 9.17) is 9.47 Å². The summed E-state index contributed by atoms with van der Waals surface area (Å²) in [6.07, 6.45) is 23.3. The normalized spacial score (nSPS) is 22.2. The van der Waals surface area contributed by atoms with Gasteiger partial charge in [0.15, 0.2) is 6.29 Å². The maximum atomic E-state index is 12.9. The SMILES string of the molecule is CCCCCCCCCCCCCCCC(=O)Nc1cccc(C2O[C@H](CN3CCCCCCC3)[C@H](C)[C@H](c3ccc(CO)cc3)O2)c1. The predicted molar refractivity (Wildman–Crippen MR) is 198 cm³/mol. The first kappa shape index (κ1) is 38.6. The van der Waals surface area contributed by atoms with Gasteiger partial charge in [-0.15, -0.1) is 0 Å². The Morgan fingerprint density at radius 3 is 2.00 bits per heavy atom. The molecule has 1 amide bonds. The van der Waals surface area contributed by atoms with E-state index in [1.807, 2.05) is 36.4 Å². The van der Waals surface area contributed by atoms with Crippen LogP contribution in [-0.2, 0) is 20.9 Å². The van der Waals surface area contributed by atoms with Gasteiger partial charge in [0.1, 0.15) is 0 Å². The van der Waals surface area contributed by atoms with Crippen molar-refractivity contribution in [3.05, 3.63) is 65.2 Å². The minimum Gasteiger partial charge on any atom is -0.392 e. The van der Waals surface area contributed by atoms with Crippen LogP contribution in [0.5, 0.6) is 0 Å². The molecule has 0 radical (unpaired) electrons. The van der Waals surface area contributed by atoms with Crippen molar-refractivity contribution in [1.82, 2.24) is 4.90 Å². The number of hydrogen-bond acceptors (Lipinski definition) is 5. The number of nitrogens with one attached hydrogen (secondary N) is 1. The molecule has 6 nitrogen and oxygen atoms in total. The quantitative estimate of drug-likeness (QED) is 0.138. The fraction of sp³-hybridized carbons (Fsp3) is 0.690. The van der Waals surface area contributed by atoms with Crippen molar-refractivity contribution >= 4 is 11.6 Å². The Morgan fingerprint density at radius 2 is 1.38 bits per heavy atom. The van der Waals surface area contributed by atoms with Gasteiger partial charge in [0.05, 0.1) is 18.8 Å². The van der Waals surface area contributed by atoms with Crippen LogP contribution >= 0.6 is 0 Å². The molecule has 2 heterocycles. The van der Waals surface area contributed by atoms with E-state index in [2.05, 4.69) is 36.2 Å². The molecule has 268 valence electrons. The fourth-order valence-electron chi connectivity index (χ4n) is 7.37. The van der Waals surface area contributed by atoms with Crippen molar-refractivity contribution in [1.29, 1.82) is 0 Å². The Morgan fingerprint density at radius 1 is 0.771 bits per heavy atom. The summed E-state index contributed by atoms with van der Waals surface area (Å²) in [6.45, 7) is 7.68. The monoisotopic (exact) mass is 663 g/mol. The zero-order valence-corrected chi connectivity index (χ0v) is 30.3. The second-order valence-electron chi connectivity index (χ2n) is 14.6. The lowest BCUT2D eigenvalue weighted by Crippen LogP contribution is -2.45. The Labute approximate surface area is 292 Å². The standard InChI is InChI=1S/C42H66N2O4/c1-3-4-5-6-7-8-9-10-11-12-13-15-18-24-40(46)43-38-23-21-22-37(31-38)42-47-39(32-44-29-19-16-14-17-20-30-44)34(2)41(48-42)36-27-25-35(33-45)26-28-36/h21-23,25-28,31,34,39,41-42,45H,3-20,24,29-30,32-33H2,1-2H3,(H,43,46)/t34-,39+,41+,42?/m0/s1. The molecule has 4 rings (SSSR count). The van der Waals surface area contributed by atoms with E-state index in [1.165, 1.54) is 103 Å². The van der Waals surface area contributed by atoms with Crippen molar-refractivity contribution in [2.45, 2.75) is 161 Å². The van der Waals surface area contributed by atoms with E-state index < -0.39 is 6.29 Å². The lowest BCUT2D eigenvalue weighted by Gasteiger charge is -2.43. The number of aliphatic hydroxyl groups is 1. The van der Waals surface area contributed by atoms with Gasteiger partial charge in [-0.1, -0.05) is 147 Å². The van der Waals surface area contributed by atoms with Gasteiger partial charge >= 0.3 is 0 Å². The third-order valence-electron chi connectivity index (χ3n) is 10.5. The summed E-state index contributed by atoms with van der Waals surface area (Å²) >= 11 is 0. The number of carbonyl (C=O) groups is 1. The van der Waals surface area contributed by atoms with Crippen LogP contribution in [0.3, 0.4) is 0 Å². The summed E-state index contributed by atoms with van der Waals surface area (Å²) in [4.78, 5) is 15.4. The molecule has 2 aromatic rings. The van der Waals surface area contributed by atoms with Gasteiger partial charge in [-0.25, -0.2) is 0 Å². The van der Waals surface area contributed by atoms with Crippen LogP contribution in [0.15, 0.2) is 48.5 Å². The minimum absolute atomic E-state index is 0.0134. The number of anilines is 1. The van der Waals surface area contributed by atoms with Crippen molar-refractivity contribution in [3.8, 4) is 0 Å². The average molecular weight is 663 g/mol. The van der Waals surface area contributed by atoms with Crippen LogP contribution in [0.2, 0.25) is 0 Å².